The first kappa shape index (κ1) is 14.0. The van der Waals surface area contributed by atoms with E-state index in [4.69, 9.17) is 4.98 Å². The van der Waals surface area contributed by atoms with Gasteiger partial charge in [-0.2, -0.15) is 0 Å². The molecule has 4 aromatic rings. The van der Waals surface area contributed by atoms with Crippen molar-refractivity contribution >= 4 is 21.5 Å². The summed E-state index contributed by atoms with van der Waals surface area (Å²) in [5.74, 6) is 0. The molecule has 4 rings (SSSR count). The minimum atomic E-state index is 1.07. The fourth-order valence-corrected chi connectivity index (χ4v) is 3.57. The molecule has 1 heterocycles. The third kappa shape index (κ3) is 2.29. The number of hydrogen-bond donors (Lipinski definition) is 0. The smallest absolute Gasteiger partial charge is 0.0780 e. The Labute approximate surface area is 136 Å². The van der Waals surface area contributed by atoms with Crippen LogP contribution in [0.25, 0.3) is 32.8 Å². The molecule has 1 nitrogen and oxygen atoms in total. The Hall–Kier alpha value is -2.67. The average molecular weight is 297 g/mol. The number of aromatic nitrogens is 1. The van der Waals surface area contributed by atoms with Crippen LogP contribution in [0.1, 0.15) is 16.7 Å². The third-order valence-corrected chi connectivity index (χ3v) is 4.49. The van der Waals surface area contributed by atoms with Crippen LogP contribution in [0.5, 0.6) is 0 Å². The van der Waals surface area contributed by atoms with E-state index in [-0.39, 0.29) is 0 Å². The molecular weight excluding hydrogens is 278 g/mol. The molecule has 1 aromatic heterocycles. The summed E-state index contributed by atoms with van der Waals surface area (Å²) in [6.45, 7) is 6.46. The van der Waals surface area contributed by atoms with E-state index < -0.39 is 0 Å². The SMILES string of the molecule is Cc1cc(C)cc(-c2nccc3c2ccc2cccc(C)c23)c1. The Balaban J connectivity index is 2.11. The molecule has 3 aromatic carbocycles. The van der Waals surface area contributed by atoms with Crippen LogP contribution >= 0.6 is 0 Å². The Morgan fingerprint density at radius 1 is 0.739 bits per heavy atom. The molecule has 0 fully saturated rings. The molecule has 0 saturated carbocycles. The molecule has 0 aliphatic carbocycles. The molecule has 1 heteroatoms. The molecule has 0 N–H and O–H groups in total. The van der Waals surface area contributed by atoms with Crippen LogP contribution in [0.2, 0.25) is 0 Å². The lowest BCUT2D eigenvalue weighted by atomic mass is 9.95. The number of benzene rings is 3. The molecule has 0 aliphatic rings. The standard InChI is InChI=1S/C22H19N/c1-14-11-15(2)13-18(12-14)22-20-8-7-17-6-4-5-16(3)21(17)19(20)9-10-23-22/h4-13H,1-3H3. The van der Waals surface area contributed by atoms with Crippen LogP contribution in [-0.2, 0) is 0 Å². The highest BCUT2D eigenvalue weighted by atomic mass is 14.7. The topological polar surface area (TPSA) is 12.9 Å². The lowest BCUT2D eigenvalue weighted by Gasteiger charge is -2.11. The fraction of sp³-hybridized carbons (Fsp3) is 0.136. The monoisotopic (exact) mass is 297 g/mol. The van der Waals surface area contributed by atoms with Crippen molar-refractivity contribution in [1.82, 2.24) is 4.98 Å². The maximum Gasteiger partial charge on any atom is 0.0780 e. The van der Waals surface area contributed by atoms with Crippen LogP contribution in [0.4, 0.5) is 0 Å². The van der Waals surface area contributed by atoms with Gasteiger partial charge in [-0.15, -0.1) is 0 Å². The zero-order valence-electron chi connectivity index (χ0n) is 13.7. The van der Waals surface area contributed by atoms with Gasteiger partial charge in [0.15, 0.2) is 0 Å². The zero-order valence-corrected chi connectivity index (χ0v) is 13.7. The van der Waals surface area contributed by atoms with E-state index in [0.29, 0.717) is 0 Å². The van der Waals surface area contributed by atoms with Crippen molar-refractivity contribution in [3.63, 3.8) is 0 Å². The predicted molar refractivity (Wildman–Crippen MR) is 98.9 cm³/mol. The molecule has 0 spiro atoms. The molecular formula is C22H19N. The highest BCUT2D eigenvalue weighted by Crippen LogP contribution is 2.33. The van der Waals surface area contributed by atoms with Crippen molar-refractivity contribution in [3.05, 3.63) is 77.5 Å². The molecule has 23 heavy (non-hydrogen) atoms. The van der Waals surface area contributed by atoms with Gasteiger partial charge in [0.05, 0.1) is 5.69 Å². The Morgan fingerprint density at radius 3 is 2.30 bits per heavy atom. The van der Waals surface area contributed by atoms with E-state index in [1.54, 1.807) is 0 Å². The van der Waals surface area contributed by atoms with Crippen LogP contribution in [0.15, 0.2) is 60.8 Å². The average Bonchev–Trinajstić information content (AvgIpc) is 2.53. The van der Waals surface area contributed by atoms with Crippen molar-refractivity contribution in [2.75, 3.05) is 0 Å². The maximum atomic E-state index is 4.70. The van der Waals surface area contributed by atoms with Crippen LogP contribution in [0.3, 0.4) is 0 Å². The van der Waals surface area contributed by atoms with Gasteiger partial charge in [-0.05, 0) is 60.7 Å². The molecule has 112 valence electrons. The quantitative estimate of drug-likeness (QED) is 0.394. The van der Waals surface area contributed by atoms with E-state index in [1.807, 2.05) is 6.20 Å². The second-order valence-corrected chi connectivity index (χ2v) is 6.37. The van der Waals surface area contributed by atoms with Crippen LogP contribution in [0, 0.1) is 20.8 Å². The van der Waals surface area contributed by atoms with E-state index in [2.05, 4.69) is 75.4 Å². The summed E-state index contributed by atoms with van der Waals surface area (Å²) in [5.41, 5.74) is 6.12. The molecule has 0 aliphatic heterocycles. The van der Waals surface area contributed by atoms with Gasteiger partial charge in [0, 0.05) is 17.1 Å². The largest absolute Gasteiger partial charge is 0.256 e. The first-order valence-corrected chi connectivity index (χ1v) is 7.99. The van der Waals surface area contributed by atoms with E-state index in [9.17, 15) is 0 Å². The second kappa shape index (κ2) is 5.20. The predicted octanol–water partition coefficient (Wildman–Crippen LogP) is 5.98. The minimum Gasteiger partial charge on any atom is -0.256 e. The molecule has 0 radical (unpaired) electrons. The summed E-state index contributed by atoms with van der Waals surface area (Å²) in [5, 5.41) is 5.12. The number of aryl methyl sites for hydroxylation is 3. The van der Waals surface area contributed by atoms with E-state index in [0.717, 1.165) is 5.69 Å². The summed E-state index contributed by atoms with van der Waals surface area (Å²) in [6.07, 6.45) is 1.93. The Kier molecular flexibility index (Phi) is 3.16. The number of pyridine rings is 1. The summed E-state index contributed by atoms with van der Waals surface area (Å²) in [7, 11) is 0. The van der Waals surface area contributed by atoms with E-state index >= 15 is 0 Å². The van der Waals surface area contributed by atoms with Crippen LogP contribution < -0.4 is 0 Å². The maximum absolute atomic E-state index is 4.70. The third-order valence-electron chi connectivity index (χ3n) is 4.49. The van der Waals surface area contributed by atoms with Gasteiger partial charge in [0.25, 0.3) is 0 Å². The number of fused-ring (bicyclic) bond motifs is 3. The van der Waals surface area contributed by atoms with Gasteiger partial charge in [-0.1, -0.05) is 47.5 Å². The molecule has 0 amide bonds. The molecule has 0 unspecified atom stereocenters. The number of hydrogen-bond acceptors (Lipinski definition) is 1. The first-order valence-electron chi connectivity index (χ1n) is 7.99. The fourth-order valence-electron chi connectivity index (χ4n) is 3.57. The van der Waals surface area contributed by atoms with Crippen molar-refractivity contribution < 1.29 is 0 Å². The summed E-state index contributed by atoms with van der Waals surface area (Å²) in [6, 6.07) is 19.7. The normalized spacial score (nSPS) is 11.3. The summed E-state index contributed by atoms with van der Waals surface area (Å²) >= 11 is 0. The van der Waals surface area contributed by atoms with Crippen molar-refractivity contribution in [1.29, 1.82) is 0 Å². The lowest BCUT2D eigenvalue weighted by Crippen LogP contribution is -1.90. The minimum absolute atomic E-state index is 1.07. The van der Waals surface area contributed by atoms with E-state index in [1.165, 1.54) is 43.8 Å². The van der Waals surface area contributed by atoms with Crippen molar-refractivity contribution in [2.45, 2.75) is 20.8 Å². The van der Waals surface area contributed by atoms with Crippen molar-refractivity contribution in [2.24, 2.45) is 0 Å². The van der Waals surface area contributed by atoms with Gasteiger partial charge >= 0.3 is 0 Å². The van der Waals surface area contributed by atoms with Gasteiger partial charge in [-0.25, -0.2) is 0 Å². The van der Waals surface area contributed by atoms with Gasteiger partial charge in [0.2, 0.25) is 0 Å². The number of nitrogens with zero attached hydrogens (tertiary/aromatic N) is 1. The van der Waals surface area contributed by atoms with Gasteiger partial charge in [-0.3, -0.25) is 4.98 Å². The van der Waals surface area contributed by atoms with Crippen molar-refractivity contribution in [3.8, 4) is 11.3 Å². The highest BCUT2D eigenvalue weighted by molar-refractivity contribution is 6.12. The molecule has 0 bridgehead atoms. The van der Waals surface area contributed by atoms with Crippen LogP contribution in [-0.4, -0.2) is 4.98 Å². The summed E-state index contributed by atoms with van der Waals surface area (Å²) in [4.78, 5) is 4.70. The Bertz CT molecular complexity index is 1020. The highest BCUT2D eigenvalue weighted by Gasteiger charge is 2.10. The van der Waals surface area contributed by atoms with Gasteiger partial charge in [0.1, 0.15) is 0 Å². The number of rotatable bonds is 1. The Morgan fingerprint density at radius 2 is 1.52 bits per heavy atom. The molecule has 0 atom stereocenters. The zero-order chi connectivity index (χ0) is 16.0. The molecule has 0 saturated heterocycles. The summed E-state index contributed by atoms with van der Waals surface area (Å²) < 4.78 is 0. The lowest BCUT2D eigenvalue weighted by molar-refractivity contribution is 1.33. The second-order valence-electron chi connectivity index (χ2n) is 6.37. The van der Waals surface area contributed by atoms with Gasteiger partial charge < -0.3 is 0 Å². The first-order chi connectivity index (χ1) is 11.1.